The molecule has 0 heterocycles. The molecule has 164 valence electrons. The zero-order chi connectivity index (χ0) is 23.1. The number of nitrogens with zero attached hydrogens (tertiary/aromatic N) is 1. The third kappa shape index (κ3) is 7.18. The van der Waals surface area contributed by atoms with Crippen LogP contribution in [0.25, 0.3) is 0 Å². The zero-order valence-corrected chi connectivity index (χ0v) is 19.2. The minimum atomic E-state index is -1.34. The number of ketones is 1. The van der Waals surface area contributed by atoms with Crippen molar-refractivity contribution in [2.45, 2.75) is 39.4 Å². The topological polar surface area (TPSA) is 105 Å². The summed E-state index contributed by atoms with van der Waals surface area (Å²) < 4.78 is 25.5. The SMILES string of the molecule is COc1ccc(C(C)=N[S@@](=O)C(C)(C)C)c(O)c1.COc1ccc(C(C)=O)c(O)c1. The molecule has 0 aromatic heterocycles. The summed E-state index contributed by atoms with van der Waals surface area (Å²) in [6.07, 6.45) is 0. The number of phenolic OH excluding ortho intramolecular Hbond substituents is 2. The minimum Gasteiger partial charge on any atom is -0.507 e. The smallest absolute Gasteiger partial charge is 0.163 e. The van der Waals surface area contributed by atoms with Gasteiger partial charge in [0.05, 0.1) is 30.2 Å². The van der Waals surface area contributed by atoms with Crippen molar-refractivity contribution < 1.29 is 28.7 Å². The average Bonchev–Trinajstić information content (AvgIpc) is 2.66. The van der Waals surface area contributed by atoms with Gasteiger partial charge in [-0.1, -0.05) is 0 Å². The Balaban J connectivity index is 0.000000325. The van der Waals surface area contributed by atoms with Crippen LogP contribution in [-0.4, -0.2) is 44.9 Å². The maximum atomic E-state index is 11.9. The highest BCUT2D eigenvalue weighted by molar-refractivity contribution is 7.85. The first-order chi connectivity index (χ1) is 13.9. The molecule has 0 bridgehead atoms. The molecule has 8 heteroatoms. The molecule has 30 heavy (non-hydrogen) atoms. The van der Waals surface area contributed by atoms with Gasteiger partial charge in [-0.05, 0) is 58.9 Å². The molecule has 0 saturated carbocycles. The second-order valence-electron chi connectivity index (χ2n) is 7.36. The predicted molar refractivity (Wildman–Crippen MR) is 119 cm³/mol. The van der Waals surface area contributed by atoms with Gasteiger partial charge in [-0.15, -0.1) is 0 Å². The van der Waals surface area contributed by atoms with Crippen LogP contribution in [0.1, 0.15) is 50.5 Å². The Bertz CT molecular complexity index is 947. The molecule has 0 aliphatic heterocycles. The lowest BCUT2D eigenvalue weighted by molar-refractivity contribution is 0.101. The highest BCUT2D eigenvalue weighted by Gasteiger charge is 2.19. The number of Topliss-reactive ketones (excluding diaryl/α,β-unsaturated/α-hetero) is 1. The van der Waals surface area contributed by atoms with Gasteiger partial charge in [0, 0.05) is 17.7 Å². The van der Waals surface area contributed by atoms with Crippen molar-refractivity contribution in [2.24, 2.45) is 4.40 Å². The summed E-state index contributed by atoms with van der Waals surface area (Å²) in [5.74, 6) is 0.983. The molecule has 0 aliphatic rings. The van der Waals surface area contributed by atoms with E-state index in [0.29, 0.717) is 28.3 Å². The first kappa shape index (κ1) is 25.2. The molecule has 0 unspecified atom stereocenters. The Kier molecular flexibility index (Phi) is 9.04. The van der Waals surface area contributed by atoms with E-state index in [4.69, 9.17) is 9.47 Å². The molecule has 0 amide bonds. The molecular formula is C22H29NO6S. The highest BCUT2D eigenvalue weighted by atomic mass is 32.2. The van der Waals surface area contributed by atoms with Crippen molar-refractivity contribution >= 4 is 22.5 Å². The third-order valence-electron chi connectivity index (χ3n) is 3.92. The van der Waals surface area contributed by atoms with E-state index in [1.165, 1.54) is 39.3 Å². The van der Waals surface area contributed by atoms with Gasteiger partial charge in [-0.25, -0.2) is 4.21 Å². The van der Waals surface area contributed by atoms with Crippen LogP contribution in [0, 0.1) is 0 Å². The molecule has 0 radical (unpaired) electrons. The maximum absolute atomic E-state index is 11.9. The Hall–Kier alpha value is -2.87. The molecule has 0 saturated heterocycles. The molecule has 0 spiro atoms. The molecule has 7 nitrogen and oxygen atoms in total. The molecule has 2 rings (SSSR count). The standard InChI is InChI=1S/C13H19NO3S.C9H10O3/c1-9(14-18(16)13(2,3)4)11-7-6-10(17-5)8-12(11)15;1-6(10)8-4-3-7(12-2)5-9(8)11/h6-8,15H,1-5H3;3-5,11H,1-2H3/t18-;/m0./s1. The predicted octanol–water partition coefficient (Wildman–Crippen LogP) is 4.28. The Labute approximate surface area is 180 Å². The molecule has 0 fully saturated rings. The Morgan fingerprint density at radius 3 is 1.67 bits per heavy atom. The third-order valence-corrected chi connectivity index (χ3v) is 5.41. The van der Waals surface area contributed by atoms with E-state index in [1.807, 2.05) is 20.8 Å². The molecule has 2 aromatic carbocycles. The molecule has 2 aromatic rings. The van der Waals surface area contributed by atoms with Crippen molar-refractivity contribution in [3.8, 4) is 23.0 Å². The van der Waals surface area contributed by atoms with Gasteiger partial charge in [0.25, 0.3) is 0 Å². The number of methoxy groups -OCH3 is 2. The van der Waals surface area contributed by atoms with Crippen molar-refractivity contribution in [1.29, 1.82) is 0 Å². The van der Waals surface area contributed by atoms with E-state index in [-0.39, 0.29) is 17.3 Å². The van der Waals surface area contributed by atoms with Crippen LogP contribution in [0.5, 0.6) is 23.0 Å². The fourth-order valence-electron chi connectivity index (χ4n) is 2.19. The van der Waals surface area contributed by atoms with E-state index in [2.05, 4.69) is 4.40 Å². The fourth-order valence-corrected chi connectivity index (χ4v) is 2.81. The average molecular weight is 436 g/mol. The number of carbonyl (C=O) groups excluding carboxylic acids is 1. The quantitative estimate of drug-likeness (QED) is 0.537. The van der Waals surface area contributed by atoms with E-state index in [1.54, 1.807) is 25.1 Å². The zero-order valence-electron chi connectivity index (χ0n) is 18.3. The number of ether oxygens (including phenoxy) is 2. The Morgan fingerprint density at radius 2 is 1.33 bits per heavy atom. The van der Waals surface area contributed by atoms with Gasteiger partial charge < -0.3 is 19.7 Å². The van der Waals surface area contributed by atoms with Gasteiger partial charge >= 0.3 is 0 Å². The first-order valence-electron chi connectivity index (χ1n) is 9.13. The number of benzene rings is 2. The van der Waals surface area contributed by atoms with Gasteiger partial charge in [0.2, 0.25) is 0 Å². The van der Waals surface area contributed by atoms with E-state index >= 15 is 0 Å². The number of aromatic hydroxyl groups is 2. The van der Waals surface area contributed by atoms with Gasteiger partial charge in [-0.3, -0.25) is 4.79 Å². The summed E-state index contributed by atoms with van der Waals surface area (Å²) in [6.45, 7) is 8.70. The summed E-state index contributed by atoms with van der Waals surface area (Å²) in [4.78, 5) is 10.9. The summed E-state index contributed by atoms with van der Waals surface area (Å²) in [7, 11) is 1.70. The number of hydrogen-bond acceptors (Lipinski definition) is 6. The van der Waals surface area contributed by atoms with E-state index < -0.39 is 15.7 Å². The van der Waals surface area contributed by atoms with Crippen LogP contribution < -0.4 is 9.47 Å². The van der Waals surface area contributed by atoms with Crippen molar-refractivity contribution in [3.63, 3.8) is 0 Å². The van der Waals surface area contributed by atoms with Gasteiger partial charge in [0.1, 0.15) is 34.0 Å². The largest absolute Gasteiger partial charge is 0.507 e. The van der Waals surface area contributed by atoms with E-state index in [0.717, 1.165) is 0 Å². The summed E-state index contributed by atoms with van der Waals surface area (Å²) in [5, 5.41) is 19.1. The molecular weight excluding hydrogens is 406 g/mol. The van der Waals surface area contributed by atoms with Gasteiger partial charge in [0.15, 0.2) is 5.78 Å². The lowest BCUT2D eigenvalue weighted by Gasteiger charge is -2.14. The number of rotatable bonds is 5. The van der Waals surface area contributed by atoms with Crippen LogP contribution >= 0.6 is 0 Å². The van der Waals surface area contributed by atoms with Crippen LogP contribution in [0.2, 0.25) is 0 Å². The van der Waals surface area contributed by atoms with Crippen LogP contribution in [0.3, 0.4) is 0 Å². The van der Waals surface area contributed by atoms with Crippen molar-refractivity contribution in [3.05, 3.63) is 47.5 Å². The van der Waals surface area contributed by atoms with Crippen LogP contribution in [0.4, 0.5) is 0 Å². The minimum absolute atomic E-state index is 0.0400. The normalized spacial score (nSPS) is 12.4. The maximum Gasteiger partial charge on any atom is 0.163 e. The van der Waals surface area contributed by atoms with Crippen LogP contribution in [-0.2, 0) is 11.0 Å². The molecule has 0 aliphatic carbocycles. The summed E-state index contributed by atoms with van der Waals surface area (Å²) in [6, 6.07) is 9.53. The number of carbonyl (C=O) groups is 1. The number of hydrogen-bond donors (Lipinski definition) is 2. The highest BCUT2D eigenvalue weighted by Crippen LogP contribution is 2.25. The molecule has 1 atom stereocenters. The fraction of sp³-hybridized carbons (Fsp3) is 0.364. The monoisotopic (exact) mass is 435 g/mol. The van der Waals surface area contributed by atoms with Crippen LogP contribution in [0.15, 0.2) is 40.8 Å². The van der Waals surface area contributed by atoms with E-state index in [9.17, 15) is 19.2 Å². The summed E-state index contributed by atoms with van der Waals surface area (Å²) in [5.41, 5.74) is 1.42. The lowest BCUT2D eigenvalue weighted by Crippen LogP contribution is -2.20. The molecule has 2 N–H and O–H groups in total. The van der Waals surface area contributed by atoms with Gasteiger partial charge in [-0.2, -0.15) is 4.40 Å². The Morgan fingerprint density at radius 1 is 0.900 bits per heavy atom. The second kappa shape index (κ2) is 10.8. The summed E-state index contributed by atoms with van der Waals surface area (Å²) >= 11 is 0. The van der Waals surface area contributed by atoms with Crippen molar-refractivity contribution in [1.82, 2.24) is 0 Å². The first-order valence-corrected chi connectivity index (χ1v) is 10.2. The second-order valence-corrected chi connectivity index (χ2v) is 9.27. The van der Waals surface area contributed by atoms with Crippen molar-refractivity contribution in [2.75, 3.05) is 14.2 Å². The number of phenols is 2. The lowest BCUT2D eigenvalue weighted by atomic mass is 10.1.